The zero-order chi connectivity index (χ0) is 11.3. The van der Waals surface area contributed by atoms with Crippen LogP contribution < -0.4 is 15.8 Å². The number of methoxy groups -OCH3 is 1. The Labute approximate surface area is 99.6 Å². The monoisotopic (exact) mass is 240 g/mol. The van der Waals surface area contributed by atoms with Crippen LogP contribution >= 0.6 is 24.4 Å². The highest BCUT2D eigenvalue weighted by molar-refractivity contribution is 7.82. The summed E-state index contributed by atoms with van der Waals surface area (Å²) in [6, 6.07) is 7.52. The number of hydrogen-bond acceptors (Lipinski definition) is 3. The highest BCUT2D eigenvalue weighted by atomic mass is 32.1. The van der Waals surface area contributed by atoms with E-state index in [1.165, 1.54) is 0 Å². The minimum absolute atomic E-state index is 0.377. The third-order valence-corrected chi connectivity index (χ3v) is 2.11. The number of nitrogens with one attached hydrogen (secondary N) is 1. The summed E-state index contributed by atoms with van der Waals surface area (Å²) in [6.45, 7) is 0. The molecule has 0 amide bonds. The summed E-state index contributed by atoms with van der Waals surface area (Å²) in [4.78, 5) is 0.967. The van der Waals surface area contributed by atoms with Crippen LogP contribution in [0.25, 0.3) is 0 Å². The molecule has 0 unspecified atom stereocenters. The van der Waals surface area contributed by atoms with Crippen molar-refractivity contribution < 1.29 is 4.74 Å². The van der Waals surface area contributed by atoms with Crippen molar-refractivity contribution in [3.05, 3.63) is 24.3 Å². The van der Waals surface area contributed by atoms with Crippen LogP contribution in [0.3, 0.4) is 0 Å². The van der Waals surface area contributed by atoms with Gasteiger partial charge in [-0.3, -0.25) is 0 Å². The fourth-order valence-corrected chi connectivity index (χ4v) is 1.60. The fourth-order valence-electron chi connectivity index (χ4n) is 1.10. The maximum Gasteiger partial charge on any atom is 0.142 e. The van der Waals surface area contributed by atoms with E-state index in [0.717, 1.165) is 11.4 Å². The summed E-state index contributed by atoms with van der Waals surface area (Å²) in [6.07, 6.45) is 0.405. The average Bonchev–Trinajstić information content (AvgIpc) is 2.17. The van der Waals surface area contributed by atoms with Crippen molar-refractivity contribution in [3.63, 3.8) is 0 Å². The lowest BCUT2D eigenvalue weighted by Gasteiger charge is -2.10. The van der Waals surface area contributed by atoms with Gasteiger partial charge in [0.1, 0.15) is 5.75 Å². The Kier molecular flexibility index (Phi) is 4.45. The summed E-state index contributed by atoms with van der Waals surface area (Å²) in [5.41, 5.74) is 6.21. The van der Waals surface area contributed by atoms with Gasteiger partial charge in [-0.2, -0.15) is 0 Å². The van der Waals surface area contributed by atoms with Gasteiger partial charge < -0.3 is 15.8 Å². The minimum Gasteiger partial charge on any atom is -0.495 e. The molecule has 1 rings (SSSR count). The predicted octanol–water partition coefficient (Wildman–Crippen LogP) is 2.11. The molecule has 3 N–H and O–H groups in total. The first-order chi connectivity index (χ1) is 7.13. The Hall–Kier alpha value is -1.20. The number of nitrogens with two attached hydrogens (primary N) is 1. The second-order valence-corrected chi connectivity index (χ2v) is 3.91. The van der Waals surface area contributed by atoms with E-state index in [2.05, 4.69) is 5.32 Å². The minimum atomic E-state index is 0.377. The molecule has 0 aliphatic carbocycles. The van der Waals surface area contributed by atoms with Crippen molar-refractivity contribution in [3.8, 4) is 5.75 Å². The first-order valence-electron chi connectivity index (χ1n) is 4.34. The van der Waals surface area contributed by atoms with Gasteiger partial charge in [-0.1, -0.05) is 36.6 Å². The van der Waals surface area contributed by atoms with Crippen LogP contribution in [0.2, 0.25) is 0 Å². The van der Waals surface area contributed by atoms with E-state index in [9.17, 15) is 0 Å². The van der Waals surface area contributed by atoms with E-state index in [1.807, 2.05) is 24.3 Å². The van der Waals surface area contributed by atoms with Gasteiger partial charge in [0.2, 0.25) is 0 Å². The van der Waals surface area contributed by atoms with Gasteiger partial charge in [0, 0.05) is 6.42 Å². The van der Waals surface area contributed by atoms with Gasteiger partial charge >= 0.3 is 0 Å². The zero-order valence-electron chi connectivity index (χ0n) is 8.32. The average molecular weight is 240 g/mol. The molecular formula is C10H12N2OS2. The molecule has 1 aromatic carbocycles. The quantitative estimate of drug-likeness (QED) is 0.789. The zero-order valence-corrected chi connectivity index (χ0v) is 9.95. The van der Waals surface area contributed by atoms with E-state index in [1.54, 1.807) is 7.11 Å². The van der Waals surface area contributed by atoms with Gasteiger partial charge in [-0.05, 0) is 12.1 Å². The normalized spacial score (nSPS) is 9.40. The highest BCUT2D eigenvalue weighted by Crippen LogP contribution is 2.23. The van der Waals surface area contributed by atoms with E-state index in [0.29, 0.717) is 16.4 Å². The molecule has 0 heterocycles. The van der Waals surface area contributed by atoms with Crippen molar-refractivity contribution in [2.75, 3.05) is 12.4 Å². The van der Waals surface area contributed by atoms with Gasteiger partial charge in [-0.25, -0.2) is 0 Å². The van der Waals surface area contributed by atoms with Crippen molar-refractivity contribution in [1.29, 1.82) is 0 Å². The molecule has 0 fully saturated rings. The Balaban J connectivity index is 2.71. The maximum absolute atomic E-state index is 5.39. The summed E-state index contributed by atoms with van der Waals surface area (Å²) < 4.78 is 5.16. The molecule has 0 aromatic heterocycles. The first kappa shape index (κ1) is 11.9. The van der Waals surface area contributed by atoms with Crippen LogP contribution in [0, 0.1) is 0 Å². The van der Waals surface area contributed by atoms with Crippen molar-refractivity contribution in [1.82, 2.24) is 0 Å². The van der Waals surface area contributed by atoms with Gasteiger partial charge in [0.15, 0.2) is 0 Å². The molecule has 3 nitrogen and oxygen atoms in total. The summed E-state index contributed by atoms with van der Waals surface area (Å²) in [5.74, 6) is 0.739. The van der Waals surface area contributed by atoms with Crippen LogP contribution in [0.4, 0.5) is 5.69 Å². The van der Waals surface area contributed by atoms with Gasteiger partial charge in [-0.15, -0.1) is 0 Å². The van der Waals surface area contributed by atoms with Crippen LogP contribution in [-0.2, 0) is 0 Å². The lowest BCUT2D eigenvalue weighted by atomic mass is 10.3. The smallest absolute Gasteiger partial charge is 0.142 e. The Morgan fingerprint density at radius 2 is 2.07 bits per heavy atom. The summed E-state index contributed by atoms with van der Waals surface area (Å²) in [5, 5.41) is 3.03. The molecule has 0 aliphatic rings. The second kappa shape index (κ2) is 5.63. The maximum atomic E-state index is 5.39. The number of rotatable bonds is 4. The van der Waals surface area contributed by atoms with Crippen LogP contribution in [0.15, 0.2) is 24.3 Å². The number of anilines is 1. The molecule has 0 radical (unpaired) electrons. The fraction of sp³-hybridized carbons (Fsp3) is 0.200. The molecule has 0 spiro atoms. The molecule has 0 saturated heterocycles. The van der Waals surface area contributed by atoms with Crippen LogP contribution in [0.1, 0.15) is 6.42 Å². The highest BCUT2D eigenvalue weighted by Gasteiger charge is 2.04. The van der Waals surface area contributed by atoms with Crippen molar-refractivity contribution in [2.45, 2.75) is 6.42 Å². The first-order valence-corrected chi connectivity index (χ1v) is 5.16. The molecule has 0 aliphatic heterocycles. The molecule has 1 aromatic rings. The Morgan fingerprint density at radius 3 is 2.67 bits per heavy atom. The number of hydrogen-bond donors (Lipinski definition) is 2. The molecule has 15 heavy (non-hydrogen) atoms. The SMILES string of the molecule is COc1ccccc1NC(=S)CC(N)=S. The summed E-state index contributed by atoms with van der Waals surface area (Å²) >= 11 is 9.85. The Morgan fingerprint density at radius 1 is 1.40 bits per heavy atom. The van der Waals surface area contributed by atoms with Crippen molar-refractivity contribution in [2.24, 2.45) is 5.73 Å². The second-order valence-electron chi connectivity index (χ2n) is 2.89. The third kappa shape index (κ3) is 3.81. The van der Waals surface area contributed by atoms with E-state index >= 15 is 0 Å². The topological polar surface area (TPSA) is 47.3 Å². The Bertz CT molecular complexity index is 379. The molecular weight excluding hydrogens is 228 g/mol. The number of ether oxygens (including phenoxy) is 1. The number of thiocarbonyl (C=S) groups is 2. The van der Waals surface area contributed by atoms with E-state index < -0.39 is 0 Å². The van der Waals surface area contributed by atoms with Gasteiger partial charge in [0.25, 0.3) is 0 Å². The lowest BCUT2D eigenvalue weighted by Crippen LogP contribution is -2.18. The van der Waals surface area contributed by atoms with E-state index in [-0.39, 0.29) is 0 Å². The predicted molar refractivity (Wildman–Crippen MR) is 70.6 cm³/mol. The number of benzene rings is 1. The standard InChI is InChI=1S/C10H12N2OS2/c1-13-8-5-3-2-4-7(8)12-10(15)6-9(11)14/h2-5H,6H2,1H3,(H2,11,14)(H,12,15). The largest absolute Gasteiger partial charge is 0.495 e. The lowest BCUT2D eigenvalue weighted by molar-refractivity contribution is 0.417. The van der Waals surface area contributed by atoms with Crippen LogP contribution in [0.5, 0.6) is 5.75 Å². The number of para-hydroxylation sites is 2. The molecule has 80 valence electrons. The third-order valence-electron chi connectivity index (χ3n) is 1.72. The molecule has 0 bridgehead atoms. The van der Waals surface area contributed by atoms with Crippen LogP contribution in [-0.4, -0.2) is 17.1 Å². The molecule has 0 saturated carbocycles. The molecule has 0 atom stereocenters. The molecule has 5 heteroatoms. The van der Waals surface area contributed by atoms with E-state index in [4.69, 9.17) is 34.9 Å². The van der Waals surface area contributed by atoms with Gasteiger partial charge in [0.05, 0.1) is 22.8 Å². The van der Waals surface area contributed by atoms with Crippen molar-refractivity contribution >= 4 is 40.1 Å². The summed E-state index contributed by atoms with van der Waals surface area (Å²) in [7, 11) is 1.61.